The molecular weight excluding hydrogens is 318 g/mol. The second kappa shape index (κ2) is 6.97. The van der Waals surface area contributed by atoms with E-state index < -0.39 is 18.0 Å². The average Bonchev–Trinajstić information content (AvgIpc) is 3.00. The van der Waals surface area contributed by atoms with Crippen LogP contribution in [-0.4, -0.2) is 29.6 Å². The van der Waals surface area contributed by atoms with Gasteiger partial charge < -0.3 is 14.7 Å². The summed E-state index contributed by atoms with van der Waals surface area (Å²) in [7, 11) is 0. The Hall–Kier alpha value is -2.82. The largest absolute Gasteiger partial charge is 0.481 e. The lowest BCUT2D eigenvalue weighted by molar-refractivity contribution is -0.138. The first-order valence-electron chi connectivity index (χ1n) is 8.38. The first-order valence-corrected chi connectivity index (χ1v) is 8.38. The number of hydrogen-bond donors (Lipinski definition) is 1. The molecule has 1 N–H and O–H groups in total. The fourth-order valence-corrected chi connectivity index (χ4v) is 3.15. The van der Waals surface area contributed by atoms with Crippen LogP contribution in [0.25, 0.3) is 0 Å². The van der Waals surface area contributed by atoms with E-state index in [1.54, 1.807) is 23.1 Å². The summed E-state index contributed by atoms with van der Waals surface area (Å²) >= 11 is 0. The Kier molecular flexibility index (Phi) is 4.74. The molecule has 0 saturated carbocycles. The van der Waals surface area contributed by atoms with Gasteiger partial charge in [0.15, 0.2) is 6.10 Å². The second-order valence-corrected chi connectivity index (χ2v) is 6.18. The summed E-state index contributed by atoms with van der Waals surface area (Å²) in [5.74, 6) is -1.15. The summed E-state index contributed by atoms with van der Waals surface area (Å²) in [6, 6.07) is 14.7. The zero-order valence-corrected chi connectivity index (χ0v) is 14.3. The number of carboxylic acid groups (broad SMARTS) is 1. The Morgan fingerprint density at radius 1 is 1.20 bits per heavy atom. The number of amides is 1. The molecule has 0 bridgehead atoms. The van der Waals surface area contributed by atoms with E-state index in [0.717, 1.165) is 5.56 Å². The van der Waals surface area contributed by atoms with Crippen LogP contribution in [0.15, 0.2) is 48.5 Å². The Bertz CT molecular complexity index is 802. The highest BCUT2D eigenvalue weighted by Gasteiger charge is 2.38. The van der Waals surface area contributed by atoms with Gasteiger partial charge in [-0.05, 0) is 36.6 Å². The van der Waals surface area contributed by atoms with Gasteiger partial charge in [0.1, 0.15) is 11.7 Å². The van der Waals surface area contributed by atoms with Gasteiger partial charge in [0.05, 0.1) is 0 Å². The smallest absolute Gasteiger partial charge is 0.312 e. The Morgan fingerprint density at radius 2 is 1.88 bits per heavy atom. The number of aliphatic carboxylic acids is 1. The third-order valence-corrected chi connectivity index (χ3v) is 4.54. The number of rotatable bonds is 5. The Labute approximate surface area is 146 Å². The zero-order valence-electron chi connectivity index (χ0n) is 14.3. The number of aryl methyl sites for hydroxylation is 1. The molecular formula is C20H21NO4. The quantitative estimate of drug-likeness (QED) is 0.907. The molecule has 0 saturated heterocycles. The van der Waals surface area contributed by atoms with E-state index in [1.165, 1.54) is 0 Å². The third-order valence-electron chi connectivity index (χ3n) is 4.54. The Morgan fingerprint density at radius 3 is 2.56 bits per heavy atom. The average molecular weight is 339 g/mol. The number of ether oxygens (including phenoxy) is 1. The molecule has 2 aromatic rings. The lowest BCUT2D eigenvalue weighted by Gasteiger charge is -2.24. The number of fused-ring (bicyclic) bond motifs is 1. The van der Waals surface area contributed by atoms with E-state index in [2.05, 4.69) is 0 Å². The maximum Gasteiger partial charge on any atom is 0.312 e. The van der Waals surface area contributed by atoms with Crippen LogP contribution in [0.3, 0.4) is 0 Å². The molecule has 2 atom stereocenters. The van der Waals surface area contributed by atoms with Gasteiger partial charge in [0.2, 0.25) is 0 Å². The van der Waals surface area contributed by atoms with Crippen molar-refractivity contribution >= 4 is 17.6 Å². The summed E-state index contributed by atoms with van der Waals surface area (Å²) in [6.45, 7) is 3.96. The lowest BCUT2D eigenvalue weighted by atomic mass is 10.0. The van der Waals surface area contributed by atoms with Crippen LogP contribution < -0.4 is 9.64 Å². The van der Waals surface area contributed by atoms with E-state index in [0.29, 0.717) is 23.4 Å². The van der Waals surface area contributed by atoms with Crippen LogP contribution in [0, 0.1) is 6.92 Å². The number of hydrogen-bond acceptors (Lipinski definition) is 3. The van der Waals surface area contributed by atoms with Crippen LogP contribution in [0.4, 0.5) is 5.69 Å². The van der Waals surface area contributed by atoms with Gasteiger partial charge in [-0.3, -0.25) is 9.59 Å². The minimum atomic E-state index is -0.921. The number of benzene rings is 2. The van der Waals surface area contributed by atoms with E-state index in [-0.39, 0.29) is 12.5 Å². The predicted molar refractivity (Wildman–Crippen MR) is 95.1 cm³/mol. The molecule has 0 radical (unpaired) electrons. The fourth-order valence-electron chi connectivity index (χ4n) is 3.15. The van der Waals surface area contributed by atoms with Crippen molar-refractivity contribution in [3.05, 3.63) is 59.7 Å². The van der Waals surface area contributed by atoms with Crippen LogP contribution in [-0.2, 0) is 9.59 Å². The van der Waals surface area contributed by atoms with Crippen molar-refractivity contribution in [1.29, 1.82) is 0 Å². The molecule has 5 nitrogen and oxygen atoms in total. The number of nitrogens with zero attached hydrogens (tertiary/aromatic N) is 1. The van der Waals surface area contributed by atoms with Gasteiger partial charge in [-0.15, -0.1) is 0 Å². The number of para-hydroxylation sites is 2. The molecule has 25 heavy (non-hydrogen) atoms. The fraction of sp³-hybridized carbons (Fsp3) is 0.300. The van der Waals surface area contributed by atoms with Crippen molar-refractivity contribution in [2.75, 3.05) is 11.4 Å². The molecule has 2 unspecified atom stereocenters. The standard InChI is InChI=1S/C20H21NO4/c1-3-17(25-18-11-7-4-8-13(18)2)19(22)21-12-15(20(23)24)14-9-5-6-10-16(14)21/h4-11,15,17H,3,12H2,1-2H3,(H,23,24). The summed E-state index contributed by atoms with van der Waals surface area (Å²) in [5.41, 5.74) is 2.29. The minimum absolute atomic E-state index is 0.140. The van der Waals surface area contributed by atoms with E-state index in [4.69, 9.17) is 4.74 Å². The van der Waals surface area contributed by atoms with Crippen molar-refractivity contribution < 1.29 is 19.4 Å². The van der Waals surface area contributed by atoms with E-state index in [9.17, 15) is 14.7 Å². The molecule has 5 heteroatoms. The highest BCUT2D eigenvalue weighted by molar-refractivity contribution is 6.01. The van der Waals surface area contributed by atoms with Gasteiger partial charge in [0, 0.05) is 12.2 Å². The molecule has 0 aliphatic carbocycles. The zero-order chi connectivity index (χ0) is 18.0. The molecule has 0 spiro atoms. The third kappa shape index (κ3) is 3.22. The number of carbonyl (C=O) groups excluding carboxylic acids is 1. The van der Waals surface area contributed by atoms with Gasteiger partial charge in [-0.2, -0.15) is 0 Å². The molecule has 3 rings (SSSR count). The van der Waals surface area contributed by atoms with Gasteiger partial charge in [-0.1, -0.05) is 43.3 Å². The van der Waals surface area contributed by atoms with Gasteiger partial charge in [-0.25, -0.2) is 0 Å². The van der Waals surface area contributed by atoms with Crippen molar-refractivity contribution in [2.24, 2.45) is 0 Å². The number of carboxylic acids is 1. The van der Waals surface area contributed by atoms with Crippen LogP contribution in [0.2, 0.25) is 0 Å². The maximum absolute atomic E-state index is 13.0. The first-order chi connectivity index (χ1) is 12.0. The highest BCUT2D eigenvalue weighted by Crippen LogP contribution is 2.37. The second-order valence-electron chi connectivity index (χ2n) is 6.18. The predicted octanol–water partition coefficient (Wildman–Crippen LogP) is 3.37. The van der Waals surface area contributed by atoms with Crippen LogP contribution >= 0.6 is 0 Å². The lowest BCUT2D eigenvalue weighted by Crippen LogP contribution is -2.41. The maximum atomic E-state index is 13.0. The monoisotopic (exact) mass is 339 g/mol. The first kappa shape index (κ1) is 17.0. The molecule has 1 heterocycles. The Balaban J connectivity index is 1.87. The normalized spacial score (nSPS) is 17.0. The molecule has 1 aliphatic rings. The van der Waals surface area contributed by atoms with Crippen molar-refractivity contribution in [3.8, 4) is 5.75 Å². The molecule has 2 aromatic carbocycles. The number of carbonyl (C=O) groups is 2. The van der Waals surface area contributed by atoms with Gasteiger partial charge >= 0.3 is 5.97 Å². The van der Waals surface area contributed by atoms with E-state index >= 15 is 0 Å². The summed E-state index contributed by atoms with van der Waals surface area (Å²) in [5, 5.41) is 9.46. The van der Waals surface area contributed by atoms with Crippen molar-refractivity contribution in [3.63, 3.8) is 0 Å². The summed E-state index contributed by atoms with van der Waals surface area (Å²) in [4.78, 5) is 26.1. The minimum Gasteiger partial charge on any atom is -0.481 e. The SMILES string of the molecule is CCC(Oc1ccccc1C)C(=O)N1CC(C(=O)O)c2ccccc21. The van der Waals surface area contributed by atoms with Crippen LogP contribution in [0.1, 0.15) is 30.4 Å². The van der Waals surface area contributed by atoms with Crippen molar-refractivity contribution in [1.82, 2.24) is 0 Å². The van der Waals surface area contributed by atoms with E-state index in [1.807, 2.05) is 44.2 Å². The number of anilines is 1. The molecule has 0 fully saturated rings. The summed E-state index contributed by atoms with van der Waals surface area (Å²) in [6.07, 6.45) is -0.148. The highest BCUT2D eigenvalue weighted by atomic mass is 16.5. The molecule has 0 aromatic heterocycles. The molecule has 1 aliphatic heterocycles. The topological polar surface area (TPSA) is 66.8 Å². The molecule has 1 amide bonds. The molecule has 130 valence electrons. The van der Waals surface area contributed by atoms with Gasteiger partial charge in [0.25, 0.3) is 5.91 Å². The van der Waals surface area contributed by atoms with Crippen LogP contribution in [0.5, 0.6) is 5.75 Å². The summed E-state index contributed by atoms with van der Waals surface area (Å²) < 4.78 is 5.94. The van der Waals surface area contributed by atoms with Crippen molar-refractivity contribution in [2.45, 2.75) is 32.3 Å².